The first kappa shape index (κ1) is 13.8. The van der Waals surface area contributed by atoms with Gasteiger partial charge in [0.05, 0.1) is 11.8 Å². The van der Waals surface area contributed by atoms with Crippen molar-refractivity contribution in [2.45, 2.75) is 19.1 Å². The third kappa shape index (κ3) is 3.11. The lowest BCUT2D eigenvalue weighted by Crippen LogP contribution is -2.24. The standard InChI is InChI=1S/C10H12BrN3O2S/c1-6-3-8(11)10(4-9(6)13)14-17(15,16)7(2)5-12/h3-4,7,14H,13H2,1-2H3. The van der Waals surface area contributed by atoms with Crippen LogP contribution in [0, 0.1) is 18.3 Å². The summed E-state index contributed by atoms with van der Waals surface area (Å²) >= 11 is 3.24. The molecule has 0 fully saturated rings. The lowest BCUT2D eigenvalue weighted by atomic mass is 10.2. The number of sulfonamides is 1. The fraction of sp³-hybridized carbons (Fsp3) is 0.300. The van der Waals surface area contributed by atoms with Crippen molar-refractivity contribution in [3.63, 3.8) is 0 Å². The van der Waals surface area contributed by atoms with Gasteiger partial charge in [0.1, 0.15) is 0 Å². The summed E-state index contributed by atoms with van der Waals surface area (Å²) in [5, 5.41) is 7.48. The van der Waals surface area contributed by atoms with E-state index in [1.165, 1.54) is 13.0 Å². The second-order valence-corrected chi connectivity index (χ2v) is 6.46. The van der Waals surface area contributed by atoms with Crippen LogP contribution < -0.4 is 10.5 Å². The number of hydrogen-bond donors (Lipinski definition) is 2. The van der Waals surface area contributed by atoms with E-state index in [4.69, 9.17) is 11.0 Å². The summed E-state index contributed by atoms with van der Waals surface area (Å²) in [5.74, 6) is 0. The second kappa shape index (κ2) is 4.94. The van der Waals surface area contributed by atoms with Crippen LogP contribution in [-0.2, 0) is 10.0 Å². The predicted octanol–water partition coefficient (Wildman–Crippen LogP) is 1.99. The van der Waals surface area contributed by atoms with Crippen molar-refractivity contribution >= 4 is 37.3 Å². The minimum absolute atomic E-state index is 0.329. The van der Waals surface area contributed by atoms with Gasteiger partial charge in [0, 0.05) is 10.2 Å². The molecule has 5 nitrogen and oxygen atoms in total. The van der Waals surface area contributed by atoms with E-state index in [0.717, 1.165) is 5.56 Å². The van der Waals surface area contributed by atoms with Gasteiger partial charge in [-0.1, -0.05) is 0 Å². The second-order valence-electron chi connectivity index (χ2n) is 3.61. The molecule has 92 valence electrons. The number of nitrogens with zero attached hydrogens (tertiary/aromatic N) is 1. The number of hydrogen-bond acceptors (Lipinski definition) is 4. The molecule has 0 amide bonds. The first-order valence-electron chi connectivity index (χ1n) is 4.75. The number of nitrogens with two attached hydrogens (primary N) is 1. The first-order chi connectivity index (χ1) is 7.77. The maximum atomic E-state index is 11.7. The zero-order valence-corrected chi connectivity index (χ0v) is 11.8. The molecular formula is C10H12BrN3O2S. The topological polar surface area (TPSA) is 96.0 Å². The number of nitriles is 1. The van der Waals surface area contributed by atoms with E-state index in [1.807, 2.05) is 6.92 Å². The minimum Gasteiger partial charge on any atom is -0.398 e. The van der Waals surface area contributed by atoms with Crippen molar-refractivity contribution in [2.75, 3.05) is 10.5 Å². The number of aryl methyl sites for hydroxylation is 1. The third-order valence-corrected chi connectivity index (χ3v) is 4.45. The van der Waals surface area contributed by atoms with E-state index in [1.54, 1.807) is 12.1 Å². The highest BCUT2D eigenvalue weighted by Crippen LogP contribution is 2.28. The van der Waals surface area contributed by atoms with Crippen LogP contribution in [-0.4, -0.2) is 13.7 Å². The van der Waals surface area contributed by atoms with Crippen molar-refractivity contribution in [1.82, 2.24) is 0 Å². The highest BCUT2D eigenvalue weighted by Gasteiger charge is 2.21. The number of anilines is 2. The van der Waals surface area contributed by atoms with Crippen LogP contribution in [0.1, 0.15) is 12.5 Å². The highest BCUT2D eigenvalue weighted by molar-refractivity contribution is 9.10. The van der Waals surface area contributed by atoms with Crippen LogP contribution in [0.4, 0.5) is 11.4 Å². The Kier molecular flexibility index (Phi) is 4.01. The van der Waals surface area contributed by atoms with Gasteiger partial charge in [0.2, 0.25) is 10.0 Å². The highest BCUT2D eigenvalue weighted by atomic mass is 79.9. The summed E-state index contributed by atoms with van der Waals surface area (Å²) in [7, 11) is -3.71. The van der Waals surface area contributed by atoms with Gasteiger partial charge >= 0.3 is 0 Å². The zero-order valence-electron chi connectivity index (χ0n) is 9.36. The van der Waals surface area contributed by atoms with Crippen LogP contribution in [0.5, 0.6) is 0 Å². The summed E-state index contributed by atoms with van der Waals surface area (Å²) < 4.78 is 26.3. The molecular weight excluding hydrogens is 306 g/mol. The monoisotopic (exact) mass is 317 g/mol. The van der Waals surface area contributed by atoms with Gasteiger partial charge in [-0.2, -0.15) is 5.26 Å². The number of nitrogen functional groups attached to an aromatic ring is 1. The Bertz CT molecular complexity index is 578. The van der Waals surface area contributed by atoms with Crippen molar-refractivity contribution in [2.24, 2.45) is 0 Å². The Labute approximate surface area is 109 Å². The molecule has 0 saturated heterocycles. The van der Waals surface area contributed by atoms with Crippen molar-refractivity contribution in [3.05, 3.63) is 22.2 Å². The third-order valence-electron chi connectivity index (χ3n) is 2.26. The Morgan fingerprint density at radius 2 is 2.12 bits per heavy atom. The van der Waals surface area contributed by atoms with Gasteiger partial charge in [0.25, 0.3) is 0 Å². The number of benzene rings is 1. The Morgan fingerprint density at radius 1 is 1.53 bits per heavy atom. The maximum absolute atomic E-state index is 11.7. The molecule has 3 N–H and O–H groups in total. The molecule has 0 radical (unpaired) electrons. The molecule has 1 aromatic carbocycles. The summed E-state index contributed by atoms with van der Waals surface area (Å²) in [6.07, 6.45) is 0. The molecule has 0 saturated carbocycles. The lowest BCUT2D eigenvalue weighted by molar-refractivity contribution is 0.597. The van der Waals surface area contributed by atoms with E-state index in [-0.39, 0.29) is 0 Å². The summed E-state index contributed by atoms with van der Waals surface area (Å²) in [6.45, 7) is 3.13. The average Bonchev–Trinajstić information content (AvgIpc) is 2.24. The molecule has 17 heavy (non-hydrogen) atoms. The average molecular weight is 318 g/mol. The minimum atomic E-state index is -3.71. The molecule has 7 heteroatoms. The van der Waals surface area contributed by atoms with Gasteiger partial charge < -0.3 is 5.73 Å². The Morgan fingerprint density at radius 3 is 2.65 bits per heavy atom. The molecule has 1 unspecified atom stereocenters. The molecule has 1 rings (SSSR count). The van der Waals surface area contributed by atoms with Crippen LogP contribution in [0.25, 0.3) is 0 Å². The fourth-order valence-electron chi connectivity index (χ4n) is 1.08. The zero-order chi connectivity index (χ0) is 13.2. The maximum Gasteiger partial charge on any atom is 0.248 e. The summed E-state index contributed by atoms with van der Waals surface area (Å²) in [6, 6.07) is 4.90. The normalized spacial score (nSPS) is 12.8. The predicted molar refractivity (Wildman–Crippen MR) is 70.9 cm³/mol. The van der Waals surface area contributed by atoms with Gasteiger partial charge in [0.15, 0.2) is 5.25 Å². The van der Waals surface area contributed by atoms with Crippen LogP contribution in [0.2, 0.25) is 0 Å². The molecule has 0 heterocycles. The van der Waals surface area contributed by atoms with E-state index >= 15 is 0 Å². The number of halogens is 1. The molecule has 0 aliphatic rings. The number of nitrogens with one attached hydrogen (secondary N) is 1. The van der Waals surface area contributed by atoms with Crippen LogP contribution in [0.15, 0.2) is 16.6 Å². The van der Waals surface area contributed by atoms with Gasteiger partial charge in [-0.15, -0.1) is 0 Å². The molecule has 0 spiro atoms. The van der Waals surface area contributed by atoms with Crippen LogP contribution in [0.3, 0.4) is 0 Å². The molecule has 0 bridgehead atoms. The van der Waals surface area contributed by atoms with Gasteiger partial charge in [-0.3, -0.25) is 4.72 Å². The van der Waals surface area contributed by atoms with Gasteiger partial charge in [-0.05, 0) is 47.5 Å². The fourth-order valence-corrected chi connectivity index (χ4v) is 2.56. The lowest BCUT2D eigenvalue weighted by Gasteiger charge is -2.12. The van der Waals surface area contributed by atoms with E-state index < -0.39 is 15.3 Å². The smallest absolute Gasteiger partial charge is 0.248 e. The molecule has 1 atom stereocenters. The van der Waals surface area contributed by atoms with Crippen LogP contribution >= 0.6 is 15.9 Å². The largest absolute Gasteiger partial charge is 0.398 e. The van der Waals surface area contributed by atoms with Crippen molar-refractivity contribution in [3.8, 4) is 6.07 Å². The Balaban J connectivity index is 3.14. The summed E-state index contributed by atoms with van der Waals surface area (Å²) in [4.78, 5) is 0. The van der Waals surface area contributed by atoms with Crippen molar-refractivity contribution in [1.29, 1.82) is 5.26 Å². The molecule has 0 aliphatic carbocycles. The quantitative estimate of drug-likeness (QED) is 0.833. The van der Waals surface area contributed by atoms with E-state index in [0.29, 0.717) is 15.8 Å². The SMILES string of the molecule is Cc1cc(Br)c(NS(=O)(=O)C(C)C#N)cc1N. The van der Waals surface area contributed by atoms with E-state index in [2.05, 4.69) is 20.7 Å². The van der Waals surface area contributed by atoms with E-state index in [9.17, 15) is 8.42 Å². The van der Waals surface area contributed by atoms with Gasteiger partial charge in [-0.25, -0.2) is 8.42 Å². The number of rotatable bonds is 3. The summed E-state index contributed by atoms with van der Waals surface area (Å²) in [5.41, 5.74) is 7.35. The first-order valence-corrected chi connectivity index (χ1v) is 7.08. The van der Waals surface area contributed by atoms with Crippen molar-refractivity contribution < 1.29 is 8.42 Å². The molecule has 0 aliphatic heterocycles. The molecule has 1 aromatic rings. The molecule has 0 aromatic heterocycles. The Hall–Kier alpha value is -1.26.